The van der Waals surface area contributed by atoms with Gasteiger partial charge in [0.2, 0.25) is 0 Å². The molecule has 0 aromatic heterocycles. The van der Waals surface area contributed by atoms with Gasteiger partial charge in [-0.3, -0.25) is 0 Å². The van der Waals surface area contributed by atoms with Crippen molar-refractivity contribution in [1.82, 2.24) is 0 Å². The highest BCUT2D eigenvalue weighted by atomic mass is 14.3. The van der Waals surface area contributed by atoms with E-state index in [0.717, 1.165) is 0 Å². The monoisotopic (exact) mass is 290 g/mol. The first-order chi connectivity index (χ1) is 10.8. The largest absolute Gasteiger partial charge is 0.0654 e. The fraction of sp³-hybridized carbons (Fsp3) is 0.364. The highest BCUT2D eigenvalue weighted by Gasteiger charge is 2.26. The Bertz CT molecular complexity index is 663. The van der Waals surface area contributed by atoms with E-state index >= 15 is 0 Å². The fourth-order valence-electron chi connectivity index (χ4n) is 3.67. The zero-order valence-corrected chi connectivity index (χ0v) is 13.8. The zero-order chi connectivity index (χ0) is 15.4. The van der Waals surface area contributed by atoms with E-state index in [2.05, 4.69) is 68.5 Å². The SMILES string of the molecule is CCCCC1C(c2ccccc2CCC)=Cc2ccccc21. The van der Waals surface area contributed by atoms with Crippen LogP contribution in [0.1, 0.15) is 67.7 Å². The van der Waals surface area contributed by atoms with Crippen molar-refractivity contribution >= 4 is 11.6 Å². The van der Waals surface area contributed by atoms with E-state index in [4.69, 9.17) is 0 Å². The number of hydrogen-bond acceptors (Lipinski definition) is 0. The lowest BCUT2D eigenvalue weighted by Crippen LogP contribution is -2.01. The summed E-state index contributed by atoms with van der Waals surface area (Å²) in [5, 5.41) is 0. The summed E-state index contributed by atoms with van der Waals surface area (Å²) in [5.74, 6) is 0.578. The van der Waals surface area contributed by atoms with Crippen molar-refractivity contribution in [1.29, 1.82) is 0 Å². The number of hydrogen-bond donors (Lipinski definition) is 0. The second kappa shape index (κ2) is 6.96. The molecule has 0 saturated heterocycles. The van der Waals surface area contributed by atoms with Gasteiger partial charge in [-0.1, -0.05) is 87.7 Å². The first kappa shape index (κ1) is 15.1. The summed E-state index contributed by atoms with van der Waals surface area (Å²) in [6, 6.07) is 17.9. The van der Waals surface area contributed by atoms with Crippen molar-refractivity contribution in [2.24, 2.45) is 0 Å². The molecular weight excluding hydrogens is 264 g/mol. The minimum Gasteiger partial charge on any atom is -0.0654 e. The Labute approximate surface area is 134 Å². The van der Waals surface area contributed by atoms with Crippen LogP contribution in [0, 0.1) is 0 Å². The van der Waals surface area contributed by atoms with Crippen LogP contribution in [-0.4, -0.2) is 0 Å². The maximum Gasteiger partial charge on any atom is 0.0101 e. The maximum atomic E-state index is 2.43. The Balaban J connectivity index is 2.02. The van der Waals surface area contributed by atoms with Crippen molar-refractivity contribution in [3.05, 3.63) is 70.8 Å². The molecule has 0 fully saturated rings. The molecular formula is C22H26. The molecule has 114 valence electrons. The van der Waals surface area contributed by atoms with Crippen LogP contribution in [0.3, 0.4) is 0 Å². The van der Waals surface area contributed by atoms with Crippen molar-refractivity contribution < 1.29 is 0 Å². The van der Waals surface area contributed by atoms with Gasteiger partial charge in [-0.25, -0.2) is 0 Å². The van der Waals surface area contributed by atoms with Gasteiger partial charge in [0.15, 0.2) is 0 Å². The molecule has 1 aliphatic carbocycles. The molecule has 0 saturated carbocycles. The number of unbranched alkanes of at least 4 members (excludes halogenated alkanes) is 1. The topological polar surface area (TPSA) is 0 Å². The molecule has 0 heteroatoms. The Morgan fingerprint density at radius 1 is 0.864 bits per heavy atom. The first-order valence-corrected chi connectivity index (χ1v) is 8.74. The molecule has 0 heterocycles. The highest BCUT2D eigenvalue weighted by Crippen LogP contribution is 2.45. The Morgan fingerprint density at radius 3 is 2.45 bits per heavy atom. The van der Waals surface area contributed by atoms with Crippen LogP contribution in [0.4, 0.5) is 0 Å². The molecule has 0 spiro atoms. The molecule has 3 rings (SSSR count). The summed E-state index contributed by atoms with van der Waals surface area (Å²) in [7, 11) is 0. The second-order valence-electron chi connectivity index (χ2n) is 6.33. The molecule has 0 radical (unpaired) electrons. The van der Waals surface area contributed by atoms with Crippen molar-refractivity contribution in [3.63, 3.8) is 0 Å². The summed E-state index contributed by atoms with van der Waals surface area (Å²) in [6.07, 6.45) is 8.64. The number of allylic oxidation sites excluding steroid dienone is 1. The lowest BCUT2D eigenvalue weighted by molar-refractivity contribution is 0.677. The predicted octanol–water partition coefficient (Wildman–Crippen LogP) is 6.47. The van der Waals surface area contributed by atoms with Gasteiger partial charge in [0, 0.05) is 5.92 Å². The van der Waals surface area contributed by atoms with Gasteiger partial charge in [-0.2, -0.15) is 0 Å². The van der Waals surface area contributed by atoms with Gasteiger partial charge in [-0.05, 0) is 40.7 Å². The van der Waals surface area contributed by atoms with E-state index < -0.39 is 0 Å². The molecule has 1 atom stereocenters. The van der Waals surface area contributed by atoms with Gasteiger partial charge in [0.1, 0.15) is 0 Å². The smallest absolute Gasteiger partial charge is 0.0101 e. The molecule has 0 aliphatic heterocycles. The molecule has 0 N–H and O–H groups in total. The van der Waals surface area contributed by atoms with E-state index in [0.29, 0.717) is 5.92 Å². The third-order valence-electron chi connectivity index (χ3n) is 4.75. The fourth-order valence-corrected chi connectivity index (χ4v) is 3.67. The van der Waals surface area contributed by atoms with Crippen LogP contribution < -0.4 is 0 Å². The van der Waals surface area contributed by atoms with Crippen LogP contribution in [-0.2, 0) is 6.42 Å². The van der Waals surface area contributed by atoms with Crippen LogP contribution in [0.25, 0.3) is 11.6 Å². The number of aryl methyl sites for hydroxylation is 1. The van der Waals surface area contributed by atoms with Crippen LogP contribution in [0.15, 0.2) is 48.5 Å². The van der Waals surface area contributed by atoms with E-state index in [-0.39, 0.29) is 0 Å². The van der Waals surface area contributed by atoms with Crippen molar-refractivity contribution in [2.75, 3.05) is 0 Å². The average Bonchev–Trinajstić information content (AvgIpc) is 2.92. The van der Waals surface area contributed by atoms with Crippen molar-refractivity contribution in [2.45, 2.75) is 51.9 Å². The Kier molecular flexibility index (Phi) is 4.77. The summed E-state index contributed by atoms with van der Waals surface area (Å²) >= 11 is 0. The molecule has 0 amide bonds. The molecule has 1 unspecified atom stereocenters. The second-order valence-corrected chi connectivity index (χ2v) is 6.33. The van der Waals surface area contributed by atoms with Gasteiger partial charge in [-0.15, -0.1) is 0 Å². The quantitative estimate of drug-likeness (QED) is 0.572. The van der Waals surface area contributed by atoms with Gasteiger partial charge in [0.05, 0.1) is 0 Å². The minimum absolute atomic E-state index is 0.578. The third kappa shape index (κ3) is 2.88. The number of benzene rings is 2. The van der Waals surface area contributed by atoms with Gasteiger partial charge < -0.3 is 0 Å². The van der Waals surface area contributed by atoms with E-state index in [9.17, 15) is 0 Å². The third-order valence-corrected chi connectivity index (χ3v) is 4.75. The summed E-state index contributed by atoms with van der Waals surface area (Å²) in [5.41, 5.74) is 7.47. The van der Waals surface area contributed by atoms with E-state index in [1.165, 1.54) is 54.4 Å². The molecule has 2 aromatic carbocycles. The molecule has 2 aromatic rings. The lowest BCUT2D eigenvalue weighted by atomic mass is 9.85. The molecule has 0 nitrogen and oxygen atoms in total. The van der Waals surface area contributed by atoms with Crippen molar-refractivity contribution in [3.8, 4) is 0 Å². The maximum absolute atomic E-state index is 2.43. The summed E-state index contributed by atoms with van der Waals surface area (Å²) in [4.78, 5) is 0. The summed E-state index contributed by atoms with van der Waals surface area (Å²) in [6.45, 7) is 4.55. The molecule has 22 heavy (non-hydrogen) atoms. The van der Waals surface area contributed by atoms with E-state index in [1.807, 2.05) is 0 Å². The number of fused-ring (bicyclic) bond motifs is 1. The van der Waals surface area contributed by atoms with Crippen LogP contribution in [0.5, 0.6) is 0 Å². The van der Waals surface area contributed by atoms with E-state index in [1.54, 1.807) is 5.57 Å². The van der Waals surface area contributed by atoms with Gasteiger partial charge in [0.25, 0.3) is 0 Å². The van der Waals surface area contributed by atoms with Crippen LogP contribution >= 0.6 is 0 Å². The predicted molar refractivity (Wildman–Crippen MR) is 97.0 cm³/mol. The standard InChI is InChI=1S/C22H26/c1-3-5-13-21-20-15-9-7-12-18(20)16-22(21)19-14-8-6-11-17(19)10-4-2/h6-9,11-12,14-16,21H,3-5,10,13H2,1-2H3. The Morgan fingerprint density at radius 2 is 1.64 bits per heavy atom. The van der Waals surface area contributed by atoms with Crippen LogP contribution in [0.2, 0.25) is 0 Å². The van der Waals surface area contributed by atoms with Gasteiger partial charge >= 0.3 is 0 Å². The highest BCUT2D eigenvalue weighted by molar-refractivity contribution is 5.92. The number of rotatable bonds is 6. The normalized spacial score (nSPS) is 16.5. The molecule has 1 aliphatic rings. The lowest BCUT2D eigenvalue weighted by Gasteiger charge is -2.19. The first-order valence-electron chi connectivity index (χ1n) is 8.74. The molecule has 0 bridgehead atoms. The minimum atomic E-state index is 0.578. The summed E-state index contributed by atoms with van der Waals surface area (Å²) < 4.78 is 0. The zero-order valence-electron chi connectivity index (χ0n) is 13.8. The average molecular weight is 290 g/mol. The Hall–Kier alpha value is -1.82.